The third-order valence-electron chi connectivity index (χ3n) is 2.06. The number of allylic oxidation sites excluding steroid dienone is 1. The summed E-state index contributed by atoms with van der Waals surface area (Å²) in [5.41, 5.74) is 6.88. The van der Waals surface area contributed by atoms with Crippen molar-refractivity contribution in [2.75, 3.05) is 0 Å². The topological polar surface area (TPSA) is 72.4 Å². The van der Waals surface area contributed by atoms with Gasteiger partial charge in [-0.15, -0.1) is 0 Å². The lowest BCUT2D eigenvalue weighted by atomic mass is 10.2. The number of carbonyl (C=O) groups excluding carboxylic acids is 1. The van der Waals surface area contributed by atoms with Gasteiger partial charge >= 0.3 is 0 Å². The molecule has 0 unspecified atom stereocenters. The van der Waals surface area contributed by atoms with Crippen LogP contribution >= 0.6 is 0 Å². The van der Waals surface area contributed by atoms with Crippen LogP contribution in [0.5, 0.6) is 0 Å². The fourth-order valence-electron chi connectivity index (χ4n) is 1.39. The molecular formula is C12H16FN3O. The molecule has 1 aromatic rings. The van der Waals surface area contributed by atoms with Crippen LogP contribution in [0.3, 0.4) is 0 Å². The van der Waals surface area contributed by atoms with Crippen LogP contribution in [0.15, 0.2) is 36.2 Å². The summed E-state index contributed by atoms with van der Waals surface area (Å²) in [5.74, 6) is 5.38. The van der Waals surface area contributed by atoms with Gasteiger partial charge < -0.3 is 10.7 Å². The molecule has 0 aromatic heterocycles. The summed E-state index contributed by atoms with van der Waals surface area (Å²) in [7, 11) is 0. The molecule has 0 radical (unpaired) electrons. The summed E-state index contributed by atoms with van der Waals surface area (Å²) in [5, 5.41) is 1.37. The zero-order chi connectivity index (χ0) is 12.8. The van der Waals surface area contributed by atoms with E-state index in [-0.39, 0.29) is 18.0 Å². The molecule has 0 saturated heterocycles. The van der Waals surface area contributed by atoms with Gasteiger partial charge in [0.05, 0.1) is 6.54 Å². The van der Waals surface area contributed by atoms with Crippen LogP contribution in [0, 0.1) is 5.82 Å². The van der Waals surface area contributed by atoms with Gasteiger partial charge in [0.25, 0.3) is 0 Å². The Hall–Kier alpha value is -1.88. The van der Waals surface area contributed by atoms with Crippen molar-refractivity contribution in [3.05, 3.63) is 47.5 Å². The molecule has 0 aliphatic carbocycles. The van der Waals surface area contributed by atoms with Gasteiger partial charge in [0.2, 0.25) is 0 Å². The van der Waals surface area contributed by atoms with E-state index in [0.29, 0.717) is 12.2 Å². The van der Waals surface area contributed by atoms with E-state index in [1.165, 1.54) is 30.3 Å². The van der Waals surface area contributed by atoms with Gasteiger partial charge in [-0.25, -0.2) is 10.2 Å². The lowest BCUT2D eigenvalue weighted by Crippen LogP contribution is -2.26. The van der Waals surface area contributed by atoms with Crippen molar-refractivity contribution in [1.29, 1.82) is 0 Å². The van der Waals surface area contributed by atoms with Crippen molar-refractivity contribution in [3.63, 3.8) is 0 Å². The van der Waals surface area contributed by atoms with Gasteiger partial charge in [-0.2, -0.15) is 0 Å². The Morgan fingerprint density at radius 1 is 1.41 bits per heavy atom. The van der Waals surface area contributed by atoms with Crippen LogP contribution in [-0.2, 0) is 11.3 Å². The minimum atomic E-state index is -0.288. The van der Waals surface area contributed by atoms with Gasteiger partial charge in [0.1, 0.15) is 11.6 Å². The maximum absolute atomic E-state index is 12.7. The van der Waals surface area contributed by atoms with E-state index < -0.39 is 0 Å². The second-order valence-electron chi connectivity index (χ2n) is 3.88. The number of ketones is 1. The van der Waals surface area contributed by atoms with Crippen LogP contribution < -0.4 is 11.6 Å². The van der Waals surface area contributed by atoms with Gasteiger partial charge in [0.15, 0.2) is 0 Å². The van der Waals surface area contributed by atoms with E-state index >= 15 is 0 Å². The fraction of sp³-hybridized carbons (Fsp3) is 0.250. The zero-order valence-electron chi connectivity index (χ0n) is 9.69. The molecular weight excluding hydrogens is 221 g/mol. The number of Topliss-reactive ketones (excluding diaryl/α,β-unsaturated/α-hetero) is 1. The first kappa shape index (κ1) is 13.2. The monoisotopic (exact) mass is 237 g/mol. The van der Waals surface area contributed by atoms with E-state index in [1.807, 2.05) is 0 Å². The molecule has 0 saturated carbocycles. The van der Waals surface area contributed by atoms with E-state index in [0.717, 1.165) is 5.56 Å². The highest BCUT2D eigenvalue weighted by Gasteiger charge is 2.01. The molecule has 0 aliphatic rings. The van der Waals surface area contributed by atoms with Crippen molar-refractivity contribution in [3.8, 4) is 0 Å². The van der Waals surface area contributed by atoms with Crippen LogP contribution in [0.4, 0.5) is 4.39 Å². The van der Waals surface area contributed by atoms with Crippen molar-refractivity contribution < 1.29 is 9.18 Å². The predicted molar refractivity (Wildman–Crippen MR) is 63.7 cm³/mol. The number of hydrogen-bond acceptors (Lipinski definition) is 4. The van der Waals surface area contributed by atoms with Crippen molar-refractivity contribution in [2.45, 2.75) is 19.9 Å². The van der Waals surface area contributed by atoms with Gasteiger partial charge in [-0.1, -0.05) is 12.1 Å². The average Bonchev–Trinajstić information content (AvgIpc) is 2.19. The first-order valence-corrected chi connectivity index (χ1v) is 5.19. The molecule has 0 aliphatic heterocycles. The minimum Gasteiger partial charge on any atom is -0.400 e. The van der Waals surface area contributed by atoms with E-state index in [4.69, 9.17) is 11.6 Å². The number of hydrogen-bond donors (Lipinski definition) is 2. The molecule has 17 heavy (non-hydrogen) atoms. The van der Waals surface area contributed by atoms with Gasteiger partial charge in [-0.05, 0) is 24.6 Å². The van der Waals surface area contributed by atoms with Crippen LogP contribution in [0.2, 0.25) is 0 Å². The second-order valence-corrected chi connectivity index (χ2v) is 3.88. The van der Waals surface area contributed by atoms with Gasteiger partial charge in [0, 0.05) is 18.3 Å². The fourth-order valence-corrected chi connectivity index (χ4v) is 1.39. The van der Waals surface area contributed by atoms with E-state index in [1.54, 1.807) is 12.1 Å². The number of rotatable bonds is 5. The number of halogens is 1. The lowest BCUT2D eigenvalue weighted by Gasteiger charge is -2.14. The number of hydrazine groups is 1. The smallest absolute Gasteiger partial charge is 0.135 e. The molecule has 4 N–H and O–H groups in total. The Kier molecular flexibility index (Phi) is 4.66. The quantitative estimate of drug-likeness (QED) is 0.597. The Balaban J connectivity index is 2.57. The Morgan fingerprint density at radius 3 is 2.53 bits per heavy atom. The Morgan fingerprint density at radius 2 is 2.00 bits per heavy atom. The third kappa shape index (κ3) is 5.12. The van der Waals surface area contributed by atoms with Gasteiger partial charge in [-0.3, -0.25) is 4.79 Å². The Labute approximate surface area is 99.7 Å². The average molecular weight is 237 g/mol. The first-order valence-electron chi connectivity index (χ1n) is 5.19. The summed E-state index contributed by atoms with van der Waals surface area (Å²) in [4.78, 5) is 10.8. The SMILES string of the molecule is CC(=O)C/C(N)=C/N(N)Cc1ccc(F)cc1. The Bertz CT molecular complexity index is 414. The highest BCUT2D eigenvalue weighted by Crippen LogP contribution is 2.05. The second kappa shape index (κ2) is 6.00. The summed E-state index contributed by atoms with van der Waals surface area (Å²) in [6.07, 6.45) is 1.68. The van der Waals surface area contributed by atoms with Crippen LogP contribution in [0.1, 0.15) is 18.9 Å². The molecule has 0 fully saturated rings. The molecule has 0 spiro atoms. The van der Waals surface area contributed by atoms with E-state index in [2.05, 4.69) is 0 Å². The normalized spacial score (nSPS) is 11.4. The molecule has 1 aromatic carbocycles. The standard InChI is InChI=1S/C12H16FN3O/c1-9(17)6-12(14)8-16(15)7-10-2-4-11(13)5-3-10/h2-5,8H,6-7,14-15H2,1H3/b12-8-. The molecule has 0 amide bonds. The van der Waals surface area contributed by atoms with Crippen molar-refractivity contribution in [1.82, 2.24) is 5.01 Å². The molecule has 0 bridgehead atoms. The number of carbonyl (C=O) groups is 1. The maximum atomic E-state index is 12.7. The molecule has 92 valence electrons. The highest BCUT2D eigenvalue weighted by atomic mass is 19.1. The third-order valence-corrected chi connectivity index (χ3v) is 2.06. The minimum absolute atomic E-state index is 0.0195. The first-order chi connectivity index (χ1) is 7.97. The number of nitrogens with two attached hydrogens (primary N) is 2. The summed E-state index contributed by atoms with van der Waals surface area (Å²) >= 11 is 0. The molecule has 0 heterocycles. The lowest BCUT2D eigenvalue weighted by molar-refractivity contribution is -0.116. The van der Waals surface area contributed by atoms with Crippen LogP contribution in [-0.4, -0.2) is 10.8 Å². The largest absolute Gasteiger partial charge is 0.400 e. The van der Waals surface area contributed by atoms with Crippen molar-refractivity contribution in [2.24, 2.45) is 11.6 Å². The highest BCUT2D eigenvalue weighted by molar-refractivity contribution is 5.77. The summed E-state index contributed by atoms with van der Waals surface area (Å²) in [6.45, 7) is 1.86. The molecule has 5 heteroatoms. The number of nitrogens with zero attached hydrogens (tertiary/aromatic N) is 1. The van der Waals surface area contributed by atoms with Crippen molar-refractivity contribution >= 4 is 5.78 Å². The molecule has 4 nitrogen and oxygen atoms in total. The zero-order valence-corrected chi connectivity index (χ0v) is 9.69. The van der Waals surface area contributed by atoms with Crippen LogP contribution in [0.25, 0.3) is 0 Å². The molecule has 1 rings (SSSR count). The predicted octanol–water partition coefficient (Wildman–Crippen LogP) is 1.28. The summed E-state index contributed by atoms with van der Waals surface area (Å²) < 4.78 is 12.7. The van der Waals surface area contributed by atoms with E-state index in [9.17, 15) is 9.18 Å². The number of benzene rings is 1. The summed E-state index contributed by atoms with van der Waals surface area (Å²) in [6, 6.07) is 6.02. The maximum Gasteiger partial charge on any atom is 0.135 e. The molecule has 0 atom stereocenters.